The lowest BCUT2D eigenvalue weighted by molar-refractivity contribution is 0.795. The van der Waals surface area contributed by atoms with Crippen molar-refractivity contribution < 1.29 is 0 Å². The number of aromatic nitrogens is 4. The van der Waals surface area contributed by atoms with Crippen LogP contribution in [0.25, 0.3) is 11.0 Å². The number of benzene rings is 1. The minimum atomic E-state index is -0.00944. The molecule has 1 N–H and O–H groups in total. The second-order valence-electron chi connectivity index (χ2n) is 5.72. The van der Waals surface area contributed by atoms with Crippen LogP contribution in [0.4, 0.5) is 5.82 Å². The van der Waals surface area contributed by atoms with Gasteiger partial charge in [0.15, 0.2) is 0 Å². The van der Waals surface area contributed by atoms with E-state index < -0.39 is 0 Å². The number of rotatable bonds is 4. The molecule has 6 heteroatoms. The second kappa shape index (κ2) is 5.87. The average Bonchev–Trinajstić information content (AvgIpc) is 2.77. The minimum absolute atomic E-state index is 0.00944. The SMILES string of the molecule is CCc1cnc(C)nc1NCc1ccc2c(c1)n(C)c(=O)n2C. The van der Waals surface area contributed by atoms with E-state index in [-0.39, 0.29) is 5.69 Å². The molecule has 0 bridgehead atoms. The molecule has 0 fully saturated rings. The van der Waals surface area contributed by atoms with Crippen LogP contribution in [0.15, 0.2) is 29.2 Å². The molecule has 3 rings (SSSR count). The lowest BCUT2D eigenvalue weighted by atomic mass is 10.2. The molecule has 1 aromatic carbocycles. The van der Waals surface area contributed by atoms with Crippen LogP contribution in [0.3, 0.4) is 0 Å². The number of imidazole rings is 1. The van der Waals surface area contributed by atoms with Gasteiger partial charge in [-0.05, 0) is 31.0 Å². The first-order valence-electron chi connectivity index (χ1n) is 7.72. The summed E-state index contributed by atoms with van der Waals surface area (Å²) in [5.41, 5.74) is 4.07. The third-order valence-corrected chi connectivity index (χ3v) is 4.16. The summed E-state index contributed by atoms with van der Waals surface area (Å²) in [6.45, 7) is 4.63. The lowest BCUT2D eigenvalue weighted by Crippen LogP contribution is -2.19. The molecule has 0 aliphatic heterocycles. The Balaban J connectivity index is 1.89. The lowest BCUT2D eigenvalue weighted by Gasteiger charge is -2.10. The van der Waals surface area contributed by atoms with E-state index in [1.54, 1.807) is 23.2 Å². The summed E-state index contributed by atoms with van der Waals surface area (Å²) in [7, 11) is 3.59. The quantitative estimate of drug-likeness (QED) is 0.802. The first kappa shape index (κ1) is 15.3. The maximum atomic E-state index is 12.0. The van der Waals surface area contributed by atoms with E-state index in [1.165, 1.54) is 0 Å². The molecule has 0 aliphatic rings. The van der Waals surface area contributed by atoms with Crippen LogP contribution in [0.5, 0.6) is 0 Å². The summed E-state index contributed by atoms with van der Waals surface area (Å²) in [6, 6.07) is 6.07. The van der Waals surface area contributed by atoms with Gasteiger partial charge in [0, 0.05) is 32.4 Å². The number of anilines is 1. The van der Waals surface area contributed by atoms with Crippen molar-refractivity contribution in [3.63, 3.8) is 0 Å². The van der Waals surface area contributed by atoms with Crippen LogP contribution in [0, 0.1) is 6.92 Å². The molecule has 23 heavy (non-hydrogen) atoms. The summed E-state index contributed by atoms with van der Waals surface area (Å²) in [6.07, 6.45) is 2.75. The largest absolute Gasteiger partial charge is 0.366 e. The second-order valence-corrected chi connectivity index (χ2v) is 5.72. The molecular weight excluding hydrogens is 290 g/mol. The van der Waals surface area contributed by atoms with E-state index in [2.05, 4.69) is 22.2 Å². The van der Waals surface area contributed by atoms with Gasteiger partial charge in [-0.3, -0.25) is 9.13 Å². The van der Waals surface area contributed by atoms with Gasteiger partial charge in [-0.1, -0.05) is 13.0 Å². The molecule has 0 saturated carbocycles. The Hall–Kier alpha value is -2.63. The van der Waals surface area contributed by atoms with Crippen LogP contribution >= 0.6 is 0 Å². The molecule has 0 unspecified atom stereocenters. The van der Waals surface area contributed by atoms with Crippen molar-refractivity contribution in [3.05, 3.63) is 51.8 Å². The first-order chi connectivity index (χ1) is 11.0. The van der Waals surface area contributed by atoms with E-state index in [0.717, 1.165) is 40.2 Å². The first-order valence-corrected chi connectivity index (χ1v) is 7.72. The van der Waals surface area contributed by atoms with Crippen LogP contribution in [0.2, 0.25) is 0 Å². The smallest absolute Gasteiger partial charge is 0.328 e. The fraction of sp³-hybridized carbons (Fsp3) is 0.353. The highest BCUT2D eigenvalue weighted by atomic mass is 16.1. The number of aryl methyl sites for hydroxylation is 4. The van der Waals surface area contributed by atoms with Gasteiger partial charge in [-0.2, -0.15) is 0 Å². The van der Waals surface area contributed by atoms with Crippen LogP contribution < -0.4 is 11.0 Å². The fourth-order valence-corrected chi connectivity index (χ4v) is 2.75. The number of nitrogens with one attached hydrogen (secondary N) is 1. The number of hydrogen-bond donors (Lipinski definition) is 1. The fourth-order valence-electron chi connectivity index (χ4n) is 2.75. The maximum absolute atomic E-state index is 12.0. The zero-order chi connectivity index (χ0) is 16.6. The van der Waals surface area contributed by atoms with Crippen molar-refractivity contribution in [2.45, 2.75) is 26.8 Å². The Bertz CT molecular complexity index is 923. The Morgan fingerprint density at radius 3 is 2.65 bits per heavy atom. The normalized spacial score (nSPS) is 11.1. The van der Waals surface area contributed by atoms with Crippen molar-refractivity contribution >= 4 is 16.9 Å². The molecule has 0 saturated heterocycles. The summed E-state index contributed by atoms with van der Waals surface area (Å²) in [5, 5.41) is 3.38. The average molecular weight is 311 g/mol. The number of nitrogens with zero attached hydrogens (tertiary/aromatic N) is 4. The van der Waals surface area contributed by atoms with Gasteiger partial charge in [0.1, 0.15) is 11.6 Å². The van der Waals surface area contributed by atoms with Gasteiger partial charge in [-0.15, -0.1) is 0 Å². The predicted molar refractivity (Wildman–Crippen MR) is 91.6 cm³/mol. The van der Waals surface area contributed by atoms with E-state index in [0.29, 0.717) is 6.54 Å². The van der Waals surface area contributed by atoms with E-state index in [4.69, 9.17) is 0 Å². The van der Waals surface area contributed by atoms with Gasteiger partial charge in [-0.25, -0.2) is 14.8 Å². The summed E-state index contributed by atoms with van der Waals surface area (Å²) < 4.78 is 3.33. The Labute approximate surface area is 134 Å². The molecule has 2 heterocycles. The Morgan fingerprint density at radius 2 is 1.91 bits per heavy atom. The molecule has 3 aromatic rings. The third kappa shape index (κ3) is 2.72. The molecule has 6 nitrogen and oxygen atoms in total. The topological polar surface area (TPSA) is 64.7 Å². The van der Waals surface area contributed by atoms with Crippen LogP contribution in [-0.2, 0) is 27.1 Å². The standard InChI is InChI=1S/C17H21N5O/c1-5-13-10-18-11(2)20-16(13)19-9-12-6-7-14-15(8-12)22(4)17(23)21(14)3/h6-8,10H,5,9H2,1-4H3,(H,18,19,20). The molecule has 0 aliphatic carbocycles. The van der Waals surface area contributed by atoms with Gasteiger partial charge >= 0.3 is 5.69 Å². The molecular formula is C17H21N5O. The number of hydrogen-bond acceptors (Lipinski definition) is 4. The zero-order valence-corrected chi connectivity index (χ0v) is 13.9. The molecule has 0 spiro atoms. The van der Waals surface area contributed by atoms with Gasteiger partial charge in [0.25, 0.3) is 0 Å². The molecule has 0 atom stereocenters. The number of fused-ring (bicyclic) bond motifs is 1. The van der Waals surface area contributed by atoms with Crippen molar-refractivity contribution in [1.29, 1.82) is 0 Å². The van der Waals surface area contributed by atoms with Crippen molar-refractivity contribution in [2.75, 3.05) is 5.32 Å². The van der Waals surface area contributed by atoms with Gasteiger partial charge in [0.2, 0.25) is 0 Å². The van der Waals surface area contributed by atoms with Gasteiger partial charge < -0.3 is 5.32 Å². The summed E-state index contributed by atoms with van der Waals surface area (Å²) >= 11 is 0. The van der Waals surface area contributed by atoms with Crippen molar-refractivity contribution in [1.82, 2.24) is 19.1 Å². The molecule has 2 aromatic heterocycles. The van der Waals surface area contributed by atoms with Crippen LogP contribution in [0.1, 0.15) is 23.9 Å². The minimum Gasteiger partial charge on any atom is -0.366 e. The maximum Gasteiger partial charge on any atom is 0.328 e. The highest BCUT2D eigenvalue weighted by molar-refractivity contribution is 5.76. The zero-order valence-electron chi connectivity index (χ0n) is 13.9. The van der Waals surface area contributed by atoms with Crippen molar-refractivity contribution in [2.24, 2.45) is 14.1 Å². The summed E-state index contributed by atoms with van der Waals surface area (Å²) in [4.78, 5) is 20.7. The summed E-state index contributed by atoms with van der Waals surface area (Å²) in [5.74, 6) is 1.63. The molecule has 0 amide bonds. The van der Waals surface area contributed by atoms with E-state index in [1.807, 2.05) is 31.3 Å². The van der Waals surface area contributed by atoms with Crippen LogP contribution in [-0.4, -0.2) is 19.1 Å². The van der Waals surface area contributed by atoms with E-state index >= 15 is 0 Å². The Morgan fingerprint density at radius 1 is 1.17 bits per heavy atom. The highest BCUT2D eigenvalue weighted by Gasteiger charge is 2.09. The monoisotopic (exact) mass is 311 g/mol. The third-order valence-electron chi connectivity index (χ3n) is 4.16. The molecule has 0 radical (unpaired) electrons. The van der Waals surface area contributed by atoms with Crippen molar-refractivity contribution in [3.8, 4) is 0 Å². The molecule has 120 valence electrons. The highest BCUT2D eigenvalue weighted by Crippen LogP contribution is 2.17. The van der Waals surface area contributed by atoms with E-state index in [9.17, 15) is 4.79 Å². The van der Waals surface area contributed by atoms with Gasteiger partial charge in [0.05, 0.1) is 11.0 Å². The Kier molecular flexibility index (Phi) is 3.90. The predicted octanol–water partition coefficient (Wildman–Crippen LogP) is 2.15.